The van der Waals surface area contributed by atoms with Crippen LogP contribution in [0.2, 0.25) is 0 Å². The molecule has 0 unspecified atom stereocenters. The molecule has 14 nitrogen and oxygen atoms in total. The van der Waals surface area contributed by atoms with Gasteiger partial charge in [0.05, 0.1) is 80.2 Å². The van der Waals surface area contributed by atoms with E-state index in [4.69, 9.17) is 28.9 Å². The highest BCUT2D eigenvalue weighted by Crippen LogP contribution is 2.40. The van der Waals surface area contributed by atoms with Gasteiger partial charge in [0.25, 0.3) is 11.8 Å². The number of imidazole rings is 2. The zero-order chi connectivity index (χ0) is 50.2. The first-order valence-corrected chi connectivity index (χ1v) is 24.9. The minimum absolute atomic E-state index is 0.0192. The van der Waals surface area contributed by atoms with Gasteiger partial charge >= 0.3 is 0 Å². The quantitative estimate of drug-likeness (QED) is 0.122. The molecule has 2 fully saturated rings. The molecule has 0 saturated carbocycles. The molecule has 5 aromatic rings. The first-order valence-electron chi connectivity index (χ1n) is 24.9. The van der Waals surface area contributed by atoms with Crippen LogP contribution in [0, 0.1) is 11.8 Å². The number of ether oxygens (including phenoxy) is 4. The SMILES string of the molecule is C=C(/C=C\N(C)C)c1nc(C(=O)N2CCOCC2(C)C)c2n1-c1cc(CC(C)C)c(OC)cc1CC2.COc1cc2c(cc1CC(C)C)-n1c(-c3ccc[nH]3)nc(C(=O)N3CCOCC3(C)C)c1CC2. The van der Waals surface area contributed by atoms with E-state index >= 15 is 0 Å². The van der Waals surface area contributed by atoms with Crippen LogP contribution >= 0.6 is 0 Å². The molecule has 0 bridgehead atoms. The van der Waals surface area contributed by atoms with Gasteiger partial charge in [-0.3, -0.25) is 18.7 Å². The smallest absolute Gasteiger partial charge is 0.274 e. The van der Waals surface area contributed by atoms with Crippen molar-refractivity contribution >= 4 is 17.4 Å². The number of methoxy groups -OCH3 is 2. The van der Waals surface area contributed by atoms with Crippen molar-refractivity contribution in [2.45, 2.75) is 105 Å². The van der Waals surface area contributed by atoms with E-state index < -0.39 is 5.54 Å². The molecule has 9 rings (SSSR count). The number of H-pyrrole nitrogens is 1. The minimum Gasteiger partial charge on any atom is -0.496 e. The monoisotopic (exact) mass is 955 g/mol. The molecule has 0 atom stereocenters. The van der Waals surface area contributed by atoms with Crippen molar-refractivity contribution < 1.29 is 28.5 Å². The van der Waals surface area contributed by atoms with Crippen LogP contribution in [-0.2, 0) is 48.0 Å². The zero-order valence-electron chi connectivity index (χ0n) is 43.6. The lowest BCUT2D eigenvalue weighted by Crippen LogP contribution is -2.55. The summed E-state index contributed by atoms with van der Waals surface area (Å²) in [5.41, 5.74) is 10.8. The number of aromatic amines is 1. The number of aromatic nitrogens is 5. The van der Waals surface area contributed by atoms with Gasteiger partial charge in [-0.1, -0.05) is 34.3 Å². The third-order valence-electron chi connectivity index (χ3n) is 13.8. The fourth-order valence-electron chi connectivity index (χ4n) is 10.3. The van der Waals surface area contributed by atoms with Crippen LogP contribution in [0.5, 0.6) is 11.5 Å². The lowest BCUT2D eigenvalue weighted by molar-refractivity contribution is -0.0375. The lowest BCUT2D eigenvalue weighted by atomic mass is 9.94. The maximum absolute atomic E-state index is 13.9. The summed E-state index contributed by atoms with van der Waals surface area (Å²) in [5, 5.41) is 0. The predicted molar refractivity (Wildman–Crippen MR) is 276 cm³/mol. The van der Waals surface area contributed by atoms with Crippen molar-refractivity contribution in [3.05, 3.63) is 112 Å². The molecule has 2 saturated heterocycles. The Hall–Kier alpha value is -6.12. The van der Waals surface area contributed by atoms with Crippen molar-refractivity contribution in [2.75, 3.05) is 67.8 Å². The standard InChI is InChI=1S/C29H40N4O3.C27H34N4O3/c1-19(2)15-22-16-24-21(17-25(22)35-8)9-10-23-26(28(34)32-13-14-36-18-29(32,4)5)30-27(33(23)24)20(3)11-12-31(6)7;1-17(2)13-19-14-22-18(15-23(19)33-5)8-9-21-24(26(32)30-11-12-34-16-27(30,3)4)29-25(31(21)22)20-7-6-10-28-20/h11-12,16-17,19H,3,9-10,13-15,18H2,1-2,4-8H3;6-7,10,14-15,17,28H,8-9,11-13,16H2,1-5H3/b12-11-;. The maximum atomic E-state index is 13.9. The van der Waals surface area contributed by atoms with Crippen molar-refractivity contribution in [3.63, 3.8) is 0 Å². The number of benzene rings is 2. The molecule has 3 aromatic heterocycles. The normalized spacial score (nSPS) is 16.8. The molecule has 4 aliphatic heterocycles. The number of carbonyl (C=O) groups is 2. The third-order valence-corrected chi connectivity index (χ3v) is 13.8. The number of fused-ring (bicyclic) bond motifs is 6. The highest BCUT2D eigenvalue weighted by molar-refractivity contribution is 5.96. The van der Waals surface area contributed by atoms with E-state index in [0.29, 0.717) is 68.6 Å². The topological polar surface area (TPSA) is 132 Å². The Balaban J connectivity index is 0.000000188. The Bertz CT molecular complexity index is 2770. The molecule has 70 heavy (non-hydrogen) atoms. The van der Waals surface area contributed by atoms with Crippen molar-refractivity contribution in [1.82, 2.24) is 38.8 Å². The largest absolute Gasteiger partial charge is 0.496 e. The van der Waals surface area contributed by atoms with Gasteiger partial charge < -0.3 is 38.6 Å². The third kappa shape index (κ3) is 9.94. The van der Waals surface area contributed by atoms with Crippen LogP contribution in [0.1, 0.15) is 116 Å². The van der Waals surface area contributed by atoms with Gasteiger partial charge in [0, 0.05) is 39.0 Å². The Morgan fingerprint density at radius 3 is 1.73 bits per heavy atom. The maximum Gasteiger partial charge on any atom is 0.274 e. The van der Waals surface area contributed by atoms with Crippen LogP contribution in [0.25, 0.3) is 28.5 Å². The Morgan fingerprint density at radius 1 is 0.771 bits per heavy atom. The molecular formula is C56H74N8O6. The number of rotatable bonds is 12. The lowest BCUT2D eigenvalue weighted by Gasteiger charge is -2.41. The summed E-state index contributed by atoms with van der Waals surface area (Å²) in [6.07, 6.45) is 10.8. The molecule has 0 radical (unpaired) electrons. The number of amides is 2. The second-order valence-electron chi connectivity index (χ2n) is 21.4. The van der Waals surface area contributed by atoms with Gasteiger partial charge in [-0.15, -0.1) is 0 Å². The fraction of sp³-hybridized carbons (Fsp3) is 0.500. The van der Waals surface area contributed by atoms with E-state index in [0.717, 1.165) is 95.4 Å². The minimum atomic E-state index is -0.391. The number of aryl methyl sites for hydroxylation is 2. The van der Waals surface area contributed by atoms with E-state index in [2.05, 4.69) is 86.5 Å². The van der Waals surface area contributed by atoms with Crippen LogP contribution in [0.15, 0.2) is 61.4 Å². The molecule has 4 aliphatic rings. The summed E-state index contributed by atoms with van der Waals surface area (Å²) in [7, 11) is 7.42. The van der Waals surface area contributed by atoms with E-state index in [9.17, 15) is 9.59 Å². The van der Waals surface area contributed by atoms with Gasteiger partial charge in [-0.25, -0.2) is 9.97 Å². The van der Waals surface area contributed by atoms with E-state index in [1.807, 2.05) is 73.2 Å². The summed E-state index contributed by atoms with van der Waals surface area (Å²) >= 11 is 0. The number of hydrogen-bond acceptors (Lipinski definition) is 9. The molecule has 7 heterocycles. The Kier molecular flexibility index (Phi) is 14.6. The Labute approximate surface area is 414 Å². The summed E-state index contributed by atoms with van der Waals surface area (Å²) in [6.45, 7) is 24.6. The Morgan fingerprint density at radius 2 is 1.27 bits per heavy atom. The van der Waals surface area contributed by atoms with Crippen LogP contribution in [-0.4, -0.2) is 130 Å². The van der Waals surface area contributed by atoms with Gasteiger partial charge in [-0.05, 0) is 149 Å². The zero-order valence-corrected chi connectivity index (χ0v) is 43.6. The predicted octanol–water partition coefficient (Wildman–Crippen LogP) is 8.94. The average Bonchev–Trinajstić information content (AvgIpc) is 4.08. The average molecular weight is 955 g/mol. The molecule has 2 amide bonds. The number of hydrogen-bond donors (Lipinski definition) is 1. The molecule has 14 heteroatoms. The summed E-state index contributed by atoms with van der Waals surface area (Å²) in [5.74, 6) is 4.27. The fourth-order valence-corrected chi connectivity index (χ4v) is 10.3. The first kappa shape index (κ1) is 50.3. The van der Waals surface area contributed by atoms with Crippen LogP contribution in [0.3, 0.4) is 0 Å². The van der Waals surface area contributed by atoms with Gasteiger partial charge in [0.1, 0.15) is 17.3 Å². The molecule has 2 aromatic carbocycles. The number of nitrogens with zero attached hydrogens (tertiary/aromatic N) is 7. The van der Waals surface area contributed by atoms with Crippen molar-refractivity contribution in [2.24, 2.45) is 11.8 Å². The van der Waals surface area contributed by atoms with Crippen LogP contribution < -0.4 is 9.47 Å². The summed E-state index contributed by atoms with van der Waals surface area (Å²) in [4.78, 5) is 46.8. The molecule has 0 spiro atoms. The summed E-state index contributed by atoms with van der Waals surface area (Å²) < 4.78 is 27.2. The first-order chi connectivity index (χ1) is 33.3. The number of carbonyl (C=O) groups excluding carboxylic acids is 2. The van der Waals surface area contributed by atoms with E-state index in [1.54, 1.807) is 14.2 Å². The second-order valence-corrected chi connectivity index (χ2v) is 21.4. The van der Waals surface area contributed by atoms with E-state index in [1.165, 1.54) is 16.7 Å². The highest BCUT2D eigenvalue weighted by Gasteiger charge is 2.40. The summed E-state index contributed by atoms with van der Waals surface area (Å²) in [6, 6.07) is 12.8. The van der Waals surface area contributed by atoms with Crippen molar-refractivity contribution in [1.29, 1.82) is 0 Å². The second kappa shape index (κ2) is 20.3. The molecule has 0 aliphatic carbocycles. The van der Waals surface area contributed by atoms with E-state index in [-0.39, 0.29) is 17.4 Å². The van der Waals surface area contributed by atoms with Gasteiger partial charge in [0.15, 0.2) is 17.2 Å². The van der Waals surface area contributed by atoms with Gasteiger partial charge in [0.2, 0.25) is 0 Å². The van der Waals surface area contributed by atoms with Gasteiger partial charge in [-0.2, -0.15) is 0 Å². The van der Waals surface area contributed by atoms with Crippen LogP contribution in [0.4, 0.5) is 0 Å². The van der Waals surface area contributed by atoms with Crippen molar-refractivity contribution in [3.8, 4) is 34.4 Å². The highest BCUT2D eigenvalue weighted by atomic mass is 16.5. The number of nitrogens with one attached hydrogen (secondary N) is 1. The number of allylic oxidation sites excluding steroid dienone is 2. The molecule has 1 N–H and O–H groups in total. The molecular weight excluding hydrogens is 881 g/mol. The number of morpholine rings is 2. The molecule has 374 valence electrons.